The maximum Gasteiger partial charge on any atom is 0 e. The van der Waals surface area contributed by atoms with Crippen molar-refractivity contribution in [3.05, 3.63) is 14.4 Å². The maximum absolute atomic E-state index is 3.90. The molecule has 0 spiro atoms. The van der Waals surface area contributed by atoms with E-state index in [1.807, 2.05) is 0 Å². The molecule has 0 aliphatic heterocycles. The molecule has 0 aromatic rings. The van der Waals surface area contributed by atoms with E-state index < -0.39 is 0 Å². The second kappa shape index (κ2) is 13.1. The van der Waals surface area contributed by atoms with Crippen LogP contribution in [0.1, 0.15) is 52.9 Å². The van der Waals surface area contributed by atoms with Crippen LogP contribution in [0.2, 0.25) is 0 Å². The summed E-state index contributed by atoms with van der Waals surface area (Å²) in [5.74, 6) is 1.76. The summed E-state index contributed by atoms with van der Waals surface area (Å²) in [6.07, 6.45) is 6.60. The van der Waals surface area contributed by atoms with Crippen LogP contribution in [0, 0.1) is 26.2 Å². The predicted molar refractivity (Wildman–Crippen MR) is 58.9 cm³/mol. The fourth-order valence-electron chi connectivity index (χ4n) is 1.16. The standard InChI is InChI=1S/C11H23.CH3.Y/c1-5-10(3)8-7-9-11(4)6-2;;/h10-11H,1,5-9H2,2-4H3;1H3;/q2*-1;. The van der Waals surface area contributed by atoms with Gasteiger partial charge in [0.1, 0.15) is 0 Å². The summed E-state index contributed by atoms with van der Waals surface area (Å²) >= 11 is 0. The van der Waals surface area contributed by atoms with Gasteiger partial charge in [0.15, 0.2) is 0 Å². The first-order valence-electron chi connectivity index (χ1n) is 4.99. The summed E-state index contributed by atoms with van der Waals surface area (Å²) in [5, 5.41) is 0. The van der Waals surface area contributed by atoms with E-state index in [0.717, 1.165) is 18.3 Å². The molecule has 0 aromatic carbocycles. The zero-order valence-corrected chi connectivity index (χ0v) is 12.8. The van der Waals surface area contributed by atoms with Crippen molar-refractivity contribution in [1.82, 2.24) is 0 Å². The molecule has 0 amide bonds. The van der Waals surface area contributed by atoms with E-state index in [1.165, 1.54) is 25.7 Å². The molecule has 0 rings (SSSR count). The third-order valence-corrected chi connectivity index (χ3v) is 2.58. The first-order chi connectivity index (χ1) is 5.20. The van der Waals surface area contributed by atoms with Crippen molar-refractivity contribution in [2.24, 2.45) is 11.8 Å². The van der Waals surface area contributed by atoms with Crippen LogP contribution in [0.4, 0.5) is 0 Å². The molecule has 0 N–H and O–H groups in total. The maximum atomic E-state index is 3.90. The summed E-state index contributed by atoms with van der Waals surface area (Å²) < 4.78 is 0. The van der Waals surface area contributed by atoms with Crippen molar-refractivity contribution in [3.8, 4) is 0 Å². The Morgan fingerprint density at radius 3 is 1.92 bits per heavy atom. The van der Waals surface area contributed by atoms with Crippen LogP contribution in [0.15, 0.2) is 0 Å². The second-order valence-corrected chi connectivity index (χ2v) is 3.84. The number of rotatable bonds is 6. The Kier molecular flexibility index (Phi) is 19.8. The molecule has 1 radical (unpaired) electrons. The molecule has 0 fully saturated rings. The summed E-state index contributed by atoms with van der Waals surface area (Å²) in [4.78, 5) is 0. The Morgan fingerprint density at radius 2 is 1.54 bits per heavy atom. The third kappa shape index (κ3) is 13.1. The minimum atomic E-state index is 0. The SMILES string of the molecule is [CH2-]CC(C)CCCC(C)CC.[CH3-].[Y]. The summed E-state index contributed by atoms with van der Waals surface area (Å²) in [6.45, 7) is 10.8. The zero-order valence-electron chi connectivity index (χ0n) is 9.97. The summed E-state index contributed by atoms with van der Waals surface area (Å²) in [5.41, 5.74) is 0. The van der Waals surface area contributed by atoms with Crippen molar-refractivity contribution < 1.29 is 32.7 Å². The van der Waals surface area contributed by atoms with Crippen molar-refractivity contribution in [1.29, 1.82) is 0 Å². The molecule has 1 heteroatoms. The van der Waals surface area contributed by atoms with Gasteiger partial charge in [0, 0.05) is 32.7 Å². The molecule has 0 aliphatic rings. The molecule has 2 atom stereocenters. The molecule has 79 valence electrons. The third-order valence-electron chi connectivity index (χ3n) is 2.58. The minimum absolute atomic E-state index is 0. The Balaban J connectivity index is -0.000000500. The Bertz CT molecular complexity index is 71.2. The van der Waals surface area contributed by atoms with E-state index >= 15 is 0 Å². The van der Waals surface area contributed by atoms with Crippen LogP contribution in [0.25, 0.3) is 0 Å². The zero-order chi connectivity index (χ0) is 8.69. The van der Waals surface area contributed by atoms with Gasteiger partial charge in [-0.15, -0.1) is 0 Å². The monoisotopic (exact) mass is 259 g/mol. The van der Waals surface area contributed by atoms with Crippen LogP contribution in [0.5, 0.6) is 0 Å². The van der Waals surface area contributed by atoms with Crippen LogP contribution >= 0.6 is 0 Å². The van der Waals surface area contributed by atoms with Gasteiger partial charge in [0.2, 0.25) is 0 Å². The van der Waals surface area contributed by atoms with Crippen molar-refractivity contribution in [2.45, 2.75) is 52.9 Å². The normalized spacial score (nSPS) is 13.8. The average Bonchev–Trinajstić information content (AvgIpc) is 2.04. The fourth-order valence-corrected chi connectivity index (χ4v) is 1.16. The molecule has 0 saturated carbocycles. The molecule has 0 saturated heterocycles. The van der Waals surface area contributed by atoms with E-state index in [0.29, 0.717) is 0 Å². The van der Waals surface area contributed by atoms with Crippen LogP contribution < -0.4 is 0 Å². The Hall–Kier alpha value is 1.10. The molecule has 0 heterocycles. The topological polar surface area (TPSA) is 0 Å². The summed E-state index contributed by atoms with van der Waals surface area (Å²) in [6, 6.07) is 0. The van der Waals surface area contributed by atoms with Gasteiger partial charge >= 0.3 is 0 Å². The van der Waals surface area contributed by atoms with Crippen molar-refractivity contribution in [2.75, 3.05) is 0 Å². The molecular formula is C12H26Y-2. The van der Waals surface area contributed by atoms with E-state index in [1.54, 1.807) is 0 Å². The minimum Gasteiger partial charge on any atom is -0.358 e. The Morgan fingerprint density at radius 1 is 1.08 bits per heavy atom. The Labute approximate surface area is 111 Å². The second-order valence-electron chi connectivity index (χ2n) is 3.84. The summed E-state index contributed by atoms with van der Waals surface area (Å²) in [7, 11) is 0. The van der Waals surface area contributed by atoms with Crippen molar-refractivity contribution >= 4 is 0 Å². The quantitative estimate of drug-likeness (QED) is 0.615. The van der Waals surface area contributed by atoms with Gasteiger partial charge in [-0.25, -0.2) is 0 Å². The van der Waals surface area contributed by atoms with E-state index in [4.69, 9.17) is 0 Å². The van der Waals surface area contributed by atoms with Gasteiger partial charge in [0.25, 0.3) is 0 Å². The van der Waals surface area contributed by atoms with Gasteiger partial charge in [-0.1, -0.05) is 52.4 Å². The first-order valence-corrected chi connectivity index (χ1v) is 4.99. The predicted octanol–water partition coefficient (Wildman–Crippen LogP) is 4.51. The molecule has 0 aromatic heterocycles. The molecule has 2 unspecified atom stereocenters. The van der Waals surface area contributed by atoms with Crippen LogP contribution in [0.3, 0.4) is 0 Å². The van der Waals surface area contributed by atoms with Crippen molar-refractivity contribution in [3.63, 3.8) is 0 Å². The van der Waals surface area contributed by atoms with Gasteiger partial charge in [0.05, 0.1) is 0 Å². The van der Waals surface area contributed by atoms with Gasteiger partial charge in [-0.05, 0) is 5.92 Å². The number of hydrogen-bond donors (Lipinski definition) is 0. The molecular weight excluding hydrogens is 233 g/mol. The average molecular weight is 259 g/mol. The van der Waals surface area contributed by atoms with Crippen LogP contribution in [-0.2, 0) is 32.7 Å². The molecule has 0 aliphatic carbocycles. The van der Waals surface area contributed by atoms with E-state index in [2.05, 4.69) is 27.7 Å². The fraction of sp³-hybridized carbons (Fsp3) is 0.833. The van der Waals surface area contributed by atoms with Gasteiger partial charge in [-0.3, -0.25) is 0 Å². The molecule has 0 bridgehead atoms. The molecule has 13 heavy (non-hydrogen) atoms. The first kappa shape index (κ1) is 19.6. The van der Waals surface area contributed by atoms with Crippen LogP contribution in [-0.4, -0.2) is 0 Å². The van der Waals surface area contributed by atoms with E-state index in [-0.39, 0.29) is 40.1 Å². The molecule has 0 nitrogen and oxygen atoms in total. The smallest absolute Gasteiger partial charge is 0 e. The van der Waals surface area contributed by atoms with E-state index in [9.17, 15) is 0 Å². The number of hydrogen-bond acceptors (Lipinski definition) is 0. The largest absolute Gasteiger partial charge is 0.358 e. The van der Waals surface area contributed by atoms with Gasteiger partial charge in [-0.2, -0.15) is 6.42 Å². The van der Waals surface area contributed by atoms with Gasteiger partial charge < -0.3 is 14.4 Å².